The lowest BCUT2D eigenvalue weighted by molar-refractivity contribution is -0.384. The monoisotopic (exact) mass is 362 g/mol. The highest BCUT2D eigenvalue weighted by Crippen LogP contribution is 2.29. The molecular formula is C15H14N4O3S2. The number of non-ortho nitro benzene ring substituents is 1. The zero-order valence-electron chi connectivity index (χ0n) is 12.8. The molecule has 3 aromatic rings. The molecule has 0 aliphatic heterocycles. The number of anilines is 1. The van der Waals surface area contributed by atoms with Crippen molar-refractivity contribution in [3.8, 4) is 0 Å². The number of hydrogen-bond donors (Lipinski definition) is 1. The Labute approximate surface area is 145 Å². The van der Waals surface area contributed by atoms with Crippen molar-refractivity contribution < 1.29 is 9.72 Å². The lowest BCUT2D eigenvalue weighted by Crippen LogP contribution is -2.09. The molecule has 1 N–H and O–H groups in total. The van der Waals surface area contributed by atoms with Crippen LogP contribution in [0.2, 0.25) is 0 Å². The van der Waals surface area contributed by atoms with Gasteiger partial charge in [0.05, 0.1) is 9.80 Å². The van der Waals surface area contributed by atoms with E-state index in [1.165, 1.54) is 34.8 Å². The summed E-state index contributed by atoms with van der Waals surface area (Å²) >= 11 is 2.66. The molecular weight excluding hydrogens is 348 g/mol. The van der Waals surface area contributed by atoms with Gasteiger partial charge in [0.15, 0.2) is 0 Å². The van der Waals surface area contributed by atoms with E-state index in [2.05, 4.69) is 22.4 Å². The van der Waals surface area contributed by atoms with Gasteiger partial charge in [-0.1, -0.05) is 24.7 Å². The highest BCUT2D eigenvalue weighted by atomic mass is 32.1. The van der Waals surface area contributed by atoms with E-state index in [-0.39, 0.29) is 11.6 Å². The number of nitro groups is 1. The minimum absolute atomic E-state index is 0.0111. The van der Waals surface area contributed by atoms with Gasteiger partial charge in [0.2, 0.25) is 5.13 Å². The van der Waals surface area contributed by atoms with Crippen LogP contribution in [0.4, 0.5) is 10.8 Å². The van der Waals surface area contributed by atoms with E-state index >= 15 is 0 Å². The topological polar surface area (TPSA) is 98.0 Å². The fraction of sp³-hybridized carbons (Fsp3) is 0.267. The Kier molecular flexibility index (Phi) is 4.81. The largest absolute Gasteiger partial charge is 0.296 e. The number of amides is 1. The molecule has 0 bridgehead atoms. The van der Waals surface area contributed by atoms with Crippen molar-refractivity contribution in [2.75, 3.05) is 5.32 Å². The number of hydrogen-bond acceptors (Lipinski definition) is 7. The number of nitrogens with zero attached hydrogens (tertiary/aromatic N) is 3. The summed E-state index contributed by atoms with van der Waals surface area (Å²) in [4.78, 5) is 23.2. The number of unbranched alkanes of at least 4 members (excludes halogenated alkanes) is 1. The second kappa shape index (κ2) is 7.02. The minimum atomic E-state index is -0.448. The van der Waals surface area contributed by atoms with Crippen molar-refractivity contribution in [2.24, 2.45) is 0 Å². The number of rotatable bonds is 6. The summed E-state index contributed by atoms with van der Waals surface area (Å²) in [6.45, 7) is 2.11. The molecule has 124 valence electrons. The molecule has 0 aliphatic carbocycles. The van der Waals surface area contributed by atoms with E-state index in [9.17, 15) is 14.9 Å². The molecule has 0 spiro atoms. The molecule has 0 radical (unpaired) electrons. The van der Waals surface area contributed by atoms with Crippen LogP contribution < -0.4 is 5.32 Å². The standard InChI is InChI=1S/C15H14N4O3S2/c1-2-3-4-13-17-18-15(24-13)16-14(20)12-8-9-7-10(19(21)22)5-6-11(9)23-12/h5-8H,2-4H2,1H3,(H,16,18,20). The molecule has 2 heterocycles. The molecule has 0 saturated carbocycles. The van der Waals surface area contributed by atoms with Crippen molar-refractivity contribution in [1.82, 2.24) is 10.2 Å². The van der Waals surface area contributed by atoms with Crippen LogP contribution in [0.15, 0.2) is 24.3 Å². The first kappa shape index (κ1) is 16.5. The number of nitrogens with one attached hydrogen (secondary N) is 1. The Balaban J connectivity index is 1.76. The number of carbonyl (C=O) groups is 1. The van der Waals surface area contributed by atoms with E-state index in [1.54, 1.807) is 12.1 Å². The zero-order valence-corrected chi connectivity index (χ0v) is 14.4. The average molecular weight is 362 g/mol. The number of aromatic nitrogens is 2. The summed E-state index contributed by atoms with van der Waals surface area (Å²) in [7, 11) is 0. The predicted octanol–water partition coefficient (Wildman–Crippen LogP) is 4.26. The van der Waals surface area contributed by atoms with E-state index in [1.807, 2.05) is 0 Å². The van der Waals surface area contributed by atoms with Gasteiger partial charge in [-0.05, 0) is 18.6 Å². The lowest BCUT2D eigenvalue weighted by atomic mass is 10.2. The van der Waals surface area contributed by atoms with Crippen LogP contribution in [0.25, 0.3) is 10.1 Å². The van der Waals surface area contributed by atoms with Crippen LogP contribution in [-0.2, 0) is 6.42 Å². The van der Waals surface area contributed by atoms with Gasteiger partial charge in [-0.15, -0.1) is 21.5 Å². The number of benzene rings is 1. The van der Waals surface area contributed by atoms with E-state index < -0.39 is 4.92 Å². The number of nitro benzene ring substituents is 1. The fourth-order valence-electron chi connectivity index (χ4n) is 2.15. The normalized spacial score (nSPS) is 10.9. The maximum atomic E-state index is 12.3. The number of thiophene rings is 1. The minimum Gasteiger partial charge on any atom is -0.296 e. The second-order valence-electron chi connectivity index (χ2n) is 5.15. The zero-order chi connectivity index (χ0) is 17.1. The number of fused-ring (bicyclic) bond motifs is 1. The van der Waals surface area contributed by atoms with Gasteiger partial charge in [0.1, 0.15) is 5.01 Å². The molecule has 2 aromatic heterocycles. The molecule has 1 aromatic carbocycles. The Morgan fingerprint density at radius 3 is 2.88 bits per heavy atom. The molecule has 0 aliphatic rings. The summed E-state index contributed by atoms with van der Waals surface area (Å²) in [6, 6.07) is 6.21. The quantitative estimate of drug-likeness (QED) is 0.522. The highest BCUT2D eigenvalue weighted by Gasteiger charge is 2.15. The number of aryl methyl sites for hydroxylation is 1. The maximum absolute atomic E-state index is 12.3. The summed E-state index contributed by atoms with van der Waals surface area (Å²) in [6.07, 6.45) is 2.98. The molecule has 0 unspecified atom stereocenters. The van der Waals surface area contributed by atoms with Crippen molar-refractivity contribution in [3.63, 3.8) is 0 Å². The summed E-state index contributed by atoms with van der Waals surface area (Å²) in [5.74, 6) is -0.281. The highest BCUT2D eigenvalue weighted by molar-refractivity contribution is 7.21. The van der Waals surface area contributed by atoms with Crippen LogP contribution in [0.3, 0.4) is 0 Å². The van der Waals surface area contributed by atoms with Crippen LogP contribution in [0.1, 0.15) is 34.4 Å². The summed E-state index contributed by atoms with van der Waals surface area (Å²) in [5, 5.41) is 23.6. The molecule has 1 amide bonds. The van der Waals surface area contributed by atoms with Gasteiger partial charge in [-0.2, -0.15) is 0 Å². The molecule has 7 nitrogen and oxygen atoms in total. The smallest absolute Gasteiger partial charge is 0.270 e. The molecule has 24 heavy (non-hydrogen) atoms. The molecule has 9 heteroatoms. The lowest BCUT2D eigenvalue weighted by Gasteiger charge is -1.96. The van der Waals surface area contributed by atoms with Gasteiger partial charge in [0.25, 0.3) is 11.6 Å². The Morgan fingerprint density at radius 2 is 2.12 bits per heavy atom. The number of carbonyl (C=O) groups excluding carboxylic acids is 1. The first-order valence-electron chi connectivity index (χ1n) is 7.38. The Hall–Kier alpha value is -2.39. The van der Waals surface area contributed by atoms with Crippen molar-refractivity contribution >= 4 is 49.5 Å². The van der Waals surface area contributed by atoms with Crippen molar-refractivity contribution in [2.45, 2.75) is 26.2 Å². The Morgan fingerprint density at radius 1 is 1.29 bits per heavy atom. The van der Waals surface area contributed by atoms with Gasteiger partial charge in [-0.25, -0.2) is 0 Å². The van der Waals surface area contributed by atoms with Gasteiger partial charge in [-0.3, -0.25) is 20.2 Å². The van der Waals surface area contributed by atoms with Crippen LogP contribution in [0.5, 0.6) is 0 Å². The van der Waals surface area contributed by atoms with Gasteiger partial charge >= 0.3 is 0 Å². The second-order valence-corrected chi connectivity index (χ2v) is 7.29. The third-order valence-electron chi connectivity index (χ3n) is 3.37. The summed E-state index contributed by atoms with van der Waals surface area (Å²) in [5.41, 5.74) is 0.0111. The van der Waals surface area contributed by atoms with Crippen LogP contribution in [-0.4, -0.2) is 21.0 Å². The first-order chi connectivity index (χ1) is 11.6. The molecule has 0 fully saturated rings. The van der Waals surface area contributed by atoms with Crippen LogP contribution in [0, 0.1) is 10.1 Å². The fourth-order valence-corrected chi connectivity index (χ4v) is 3.86. The SMILES string of the molecule is CCCCc1nnc(NC(=O)c2cc3cc([N+](=O)[O-])ccc3s2)s1. The third-order valence-corrected chi connectivity index (χ3v) is 5.38. The first-order valence-corrected chi connectivity index (χ1v) is 9.02. The summed E-state index contributed by atoms with van der Waals surface area (Å²) < 4.78 is 0.826. The van der Waals surface area contributed by atoms with E-state index in [0.29, 0.717) is 15.4 Å². The van der Waals surface area contributed by atoms with Gasteiger partial charge < -0.3 is 0 Å². The maximum Gasteiger partial charge on any atom is 0.270 e. The van der Waals surface area contributed by atoms with Crippen LogP contribution >= 0.6 is 22.7 Å². The van der Waals surface area contributed by atoms with Crippen molar-refractivity contribution in [3.05, 3.63) is 44.3 Å². The predicted molar refractivity (Wildman–Crippen MR) is 95.0 cm³/mol. The average Bonchev–Trinajstić information content (AvgIpc) is 3.18. The molecule has 0 saturated heterocycles. The Bertz CT molecular complexity index is 903. The van der Waals surface area contributed by atoms with Gasteiger partial charge in [0, 0.05) is 28.6 Å². The van der Waals surface area contributed by atoms with E-state index in [4.69, 9.17) is 0 Å². The third kappa shape index (κ3) is 3.57. The molecule has 0 atom stereocenters. The van der Waals surface area contributed by atoms with Crippen molar-refractivity contribution in [1.29, 1.82) is 0 Å². The molecule has 3 rings (SSSR count). The van der Waals surface area contributed by atoms with E-state index in [0.717, 1.165) is 29.0 Å².